The molecule has 1 amide bonds. The summed E-state index contributed by atoms with van der Waals surface area (Å²) < 4.78 is 1.95. The van der Waals surface area contributed by atoms with E-state index in [9.17, 15) is 4.79 Å². The molecule has 0 unspecified atom stereocenters. The summed E-state index contributed by atoms with van der Waals surface area (Å²) in [5.41, 5.74) is 4.60. The van der Waals surface area contributed by atoms with Crippen LogP contribution in [0.5, 0.6) is 0 Å². The van der Waals surface area contributed by atoms with Crippen LogP contribution in [0.3, 0.4) is 0 Å². The summed E-state index contributed by atoms with van der Waals surface area (Å²) in [6, 6.07) is 16.4. The number of para-hydroxylation sites is 1. The lowest BCUT2D eigenvalue weighted by molar-refractivity contribution is -0.118. The molecule has 0 atom stereocenters. The second-order valence-electron chi connectivity index (χ2n) is 5.85. The van der Waals surface area contributed by atoms with Gasteiger partial charge in [0.2, 0.25) is 5.91 Å². The van der Waals surface area contributed by atoms with Crippen molar-refractivity contribution in [3.05, 3.63) is 83.9 Å². The Kier molecular flexibility index (Phi) is 5.90. The van der Waals surface area contributed by atoms with Crippen LogP contribution in [0.2, 0.25) is 0 Å². The van der Waals surface area contributed by atoms with Crippen LogP contribution in [-0.4, -0.2) is 21.2 Å². The summed E-state index contributed by atoms with van der Waals surface area (Å²) in [7, 11) is 0. The molecular weight excluding hydrogens is 330 g/mol. The van der Waals surface area contributed by atoms with Gasteiger partial charge < -0.3 is 9.88 Å². The van der Waals surface area contributed by atoms with Gasteiger partial charge in [0.05, 0.1) is 17.8 Å². The van der Waals surface area contributed by atoms with Crippen LogP contribution in [0, 0.1) is 6.92 Å². The van der Waals surface area contributed by atoms with Gasteiger partial charge in [-0.1, -0.05) is 48.0 Å². The molecule has 3 rings (SSSR count). The second kappa shape index (κ2) is 8.53. The molecule has 0 saturated heterocycles. The molecule has 3 aromatic rings. The molecule has 0 bridgehead atoms. The number of thioether (sulfide) groups is 1. The highest BCUT2D eigenvalue weighted by atomic mass is 32.2. The zero-order valence-electron chi connectivity index (χ0n) is 14.2. The van der Waals surface area contributed by atoms with Gasteiger partial charge in [0.25, 0.3) is 0 Å². The maximum atomic E-state index is 12.1. The van der Waals surface area contributed by atoms with Gasteiger partial charge in [-0.2, -0.15) is 0 Å². The average molecular weight is 351 g/mol. The number of hydrogen-bond acceptors (Lipinski definition) is 3. The van der Waals surface area contributed by atoms with E-state index in [2.05, 4.69) is 41.5 Å². The number of amides is 1. The third-order valence-corrected chi connectivity index (χ3v) is 4.88. The van der Waals surface area contributed by atoms with Crippen molar-refractivity contribution in [1.29, 1.82) is 0 Å². The molecule has 0 aliphatic carbocycles. The first kappa shape index (κ1) is 17.3. The number of hydrogen-bond donors (Lipinski definition) is 1. The van der Waals surface area contributed by atoms with Crippen molar-refractivity contribution in [3.63, 3.8) is 0 Å². The lowest BCUT2D eigenvalue weighted by atomic mass is 10.1. The van der Waals surface area contributed by atoms with Gasteiger partial charge in [-0.15, -0.1) is 11.8 Å². The lowest BCUT2D eigenvalue weighted by Crippen LogP contribution is -2.25. The normalized spacial score (nSPS) is 10.6. The van der Waals surface area contributed by atoms with E-state index in [0.29, 0.717) is 12.3 Å². The SMILES string of the molecule is Cc1ccc(CSCC(=O)NCc2ccccc2-n2ccnc2)cc1. The van der Waals surface area contributed by atoms with Gasteiger partial charge in [-0.3, -0.25) is 4.79 Å². The van der Waals surface area contributed by atoms with Gasteiger partial charge in [-0.05, 0) is 24.1 Å². The smallest absolute Gasteiger partial charge is 0.230 e. The van der Waals surface area contributed by atoms with Gasteiger partial charge in [0.15, 0.2) is 0 Å². The molecule has 0 fully saturated rings. The van der Waals surface area contributed by atoms with Gasteiger partial charge in [0, 0.05) is 24.7 Å². The molecular formula is C20H21N3OS. The molecule has 4 nitrogen and oxygen atoms in total. The highest BCUT2D eigenvalue weighted by molar-refractivity contribution is 7.99. The third-order valence-electron chi connectivity index (χ3n) is 3.87. The van der Waals surface area contributed by atoms with Crippen molar-refractivity contribution in [2.24, 2.45) is 0 Å². The van der Waals surface area contributed by atoms with Gasteiger partial charge in [-0.25, -0.2) is 4.98 Å². The van der Waals surface area contributed by atoms with Crippen molar-refractivity contribution in [2.75, 3.05) is 5.75 Å². The van der Waals surface area contributed by atoms with E-state index in [0.717, 1.165) is 17.0 Å². The number of carbonyl (C=O) groups is 1. The van der Waals surface area contributed by atoms with Crippen LogP contribution in [0.25, 0.3) is 5.69 Å². The topological polar surface area (TPSA) is 46.9 Å². The maximum Gasteiger partial charge on any atom is 0.230 e. The first-order valence-corrected chi connectivity index (χ1v) is 9.34. The van der Waals surface area contributed by atoms with Crippen molar-refractivity contribution in [1.82, 2.24) is 14.9 Å². The molecule has 25 heavy (non-hydrogen) atoms. The molecule has 1 N–H and O–H groups in total. The number of aromatic nitrogens is 2. The fourth-order valence-corrected chi connectivity index (χ4v) is 3.32. The number of rotatable bonds is 7. The van der Waals surface area contributed by atoms with Crippen LogP contribution in [0.15, 0.2) is 67.3 Å². The monoisotopic (exact) mass is 351 g/mol. The summed E-state index contributed by atoms with van der Waals surface area (Å²) in [5, 5.41) is 3.00. The largest absolute Gasteiger partial charge is 0.351 e. The number of carbonyl (C=O) groups excluding carboxylic acids is 1. The zero-order chi connectivity index (χ0) is 17.5. The molecule has 1 heterocycles. The molecule has 2 aromatic carbocycles. The van der Waals surface area contributed by atoms with E-state index in [-0.39, 0.29) is 5.91 Å². The van der Waals surface area contributed by atoms with Crippen molar-refractivity contribution in [3.8, 4) is 5.69 Å². The maximum absolute atomic E-state index is 12.1. The predicted molar refractivity (Wildman–Crippen MR) is 103 cm³/mol. The Hall–Kier alpha value is -2.53. The van der Waals surface area contributed by atoms with Gasteiger partial charge >= 0.3 is 0 Å². The van der Waals surface area contributed by atoms with Crippen molar-refractivity contribution < 1.29 is 4.79 Å². The van der Waals surface area contributed by atoms with E-state index in [4.69, 9.17) is 0 Å². The van der Waals surface area contributed by atoms with E-state index in [1.807, 2.05) is 35.0 Å². The van der Waals surface area contributed by atoms with Crippen LogP contribution in [-0.2, 0) is 17.1 Å². The second-order valence-corrected chi connectivity index (χ2v) is 6.84. The van der Waals surface area contributed by atoms with E-state index in [1.54, 1.807) is 24.3 Å². The molecule has 1 aromatic heterocycles. The van der Waals surface area contributed by atoms with E-state index >= 15 is 0 Å². The van der Waals surface area contributed by atoms with Crippen LogP contribution in [0.4, 0.5) is 0 Å². The first-order chi connectivity index (χ1) is 12.2. The minimum atomic E-state index is 0.0533. The number of aryl methyl sites for hydroxylation is 1. The molecule has 0 radical (unpaired) electrons. The number of nitrogens with one attached hydrogen (secondary N) is 1. The number of nitrogens with zero attached hydrogens (tertiary/aromatic N) is 2. The first-order valence-electron chi connectivity index (χ1n) is 8.18. The number of benzene rings is 2. The summed E-state index contributed by atoms with van der Waals surface area (Å²) in [6.07, 6.45) is 5.41. The Morgan fingerprint density at radius 3 is 2.72 bits per heavy atom. The van der Waals surface area contributed by atoms with Crippen molar-refractivity contribution in [2.45, 2.75) is 19.2 Å². The Morgan fingerprint density at radius 1 is 1.16 bits per heavy atom. The molecule has 128 valence electrons. The quantitative estimate of drug-likeness (QED) is 0.705. The highest BCUT2D eigenvalue weighted by Gasteiger charge is 2.06. The Bertz CT molecular complexity index is 813. The molecule has 5 heteroatoms. The summed E-state index contributed by atoms with van der Waals surface area (Å²) in [6.45, 7) is 2.59. The Balaban J connectivity index is 1.49. The minimum Gasteiger partial charge on any atom is -0.351 e. The van der Waals surface area contributed by atoms with Crippen LogP contribution >= 0.6 is 11.8 Å². The fraction of sp³-hybridized carbons (Fsp3) is 0.200. The molecule has 0 aliphatic rings. The van der Waals surface area contributed by atoms with Crippen LogP contribution in [0.1, 0.15) is 16.7 Å². The summed E-state index contributed by atoms with van der Waals surface area (Å²) in [4.78, 5) is 16.2. The standard InChI is InChI=1S/C20H21N3OS/c1-16-6-8-17(9-7-16)13-25-14-20(24)22-12-18-4-2-3-5-19(18)23-11-10-21-15-23/h2-11,15H,12-14H2,1H3,(H,22,24). The minimum absolute atomic E-state index is 0.0533. The summed E-state index contributed by atoms with van der Waals surface area (Å²) in [5.74, 6) is 1.36. The van der Waals surface area contributed by atoms with Gasteiger partial charge in [0.1, 0.15) is 0 Å². The highest BCUT2D eigenvalue weighted by Crippen LogP contribution is 2.15. The molecule has 0 saturated carbocycles. The zero-order valence-corrected chi connectivity index (χ0v) is 15.0. The molecule has 0 spiro atoms. The predicted octanol–water partition coefficient (Wildman–Crippen LogP) is 3.73. The third kappa shape index (κ3) is 4.97. The van der Waals surface area contributed by atoms with E-state index < -0.39 is 0 Å². The van der Waals surface area contributed by atoms with E-state index in [1.165, 1.54) is 11.1 Å². The Morgan fingerprint density at radius 2 is 1.96 bits per heavy atom. The number of imidazole rings is 1. The van der Waals surface area contributed by atoms with Crippen LogP contribution < -0.4 is 5.32 Å². The average Bonchev–Trinajstić information content (AvgIpc) is 3.16. The molecule has 0 aliphatic heterocycles. The fourth-order valence-electron chi connectivity index (χ4n) is 2.50. The van der Waals surface area contributed by atoms with Crippen molar-refractivity contribution >= 4 is 17.7 Å². The lowest BCUT2D eigenvalue weighted by Gasteiger charge is -2.11. The summed E-state index contributed by atoms with van der Waals surface area (Å²) >= 11 is 1.63. The Labute approximate surface area is 152 Å².